The summed E-state index contributed by atoms with van der Waals surface area (Å²) in [5.74, 6) is 0.452. The molecule has 3 N–H and O–H groups in total. The Morgan fingerprint density at radius 3 is 2.67 bits per heavy atom. The van der Waals surface area contributed by atoms with Crippen LogP contribution < -0.4 is 11.1 Å². The number of aryl methyl sites for hydroxylation is 1. The number of nitrogens with two attached hydrogens (primary N) is 1. The van der Waals surface area contributed by atoms with E-state index in [2.05, 4.69) is 26.2 Å². The smallest absolute Gasteiger partial charge is 0.227 e. The second kappa shape index (κ2) is 5.80. The van der Waals surface area contributed by atoms with E-state index in [1.807, 2.05) is 33.8 Å². The highest BCUT2D eigenvalue weighted by atomic mass is 79.9. The van der Waals surface area contributed by atoms with Crippen LogP contribution in [0.3, 0.4) is 0 Å². The second-order valence-corrected chi connectivity index (χ2v) is 6.40. The number of amides is 1. The van der Waals surface area contributed by atoms with Crippen molar-refractivity contribution < 1.29 is 4.79 Å². The highest BCUT2D eigenvalue weighted by molar-refractivity contribution is 9.10. The predicted octanol–water partition coefficient (Wildman–Crippen LogP) is 2.85. The van der Waals surface area contributed by atoms with Crippen LogP contribution in [0.1, 0.15) is 32.8 Å². The van der Waals surface area contributed by atoms with Gasteiger partial charge in [0.25, 0.3) is 0 Å². The van der Waals surface area contributed by atoms with E-state index in [0.29, 0.717) is 12.2 Å². The summed E-state index contributed by atoms with van der Waals surface area (Å²) in [7, 11) is 0. The highest BCUT2D eigenvalue weighted by Crippen LogP contribution is 2.21. The van der Waals surface area contributed by atoms with Crippen LogP contribution in [0, 0.1) is 12.3 Å². The molecule has 4 nitrogen and oxygen atoms in total. The topological polar surface area (TPSA) is 68.0 Å². The molecule has 0 spiro atoms. The van der Waals surface area contributed by atoms with E-state index in [4.69, 9.17) is 5.73 Å². The summed E-state index contributed by atoms with van der Waals surface area (Å²) in [6, 6.07) is 1.65. The van der Waals surface area contributed by atoms with Gasteiger partial charge in [-0.05, 0) is 39.9 Å². The highest BCUT2D eigenvalue weighted by Gasteiger charge is 2.23. The van der Waals surface area contributed by atoms with Crippen molar-refractivity contribution in [3.8, 4) is 0 Å². The quantitative estimate of drug-likeness (QED) is 0.901. The van der Waals surface area contributed by atoms with Crippen LogP contribution in [0.2, 0.25) is 0 Å². The predicted molar refractivity (Wildman–Crippen MR) is 77.4 cm³/mol. The van der Waals surface area contributed by atoms with Gasteiger partial charge >= 0.3 is 0 Å². The van der Waals surface area contributed by atoms with Crippen molar-refractivity contribution in [3.63, 3.8) is 0 Å². The molecule has 5 heteroatoms. The third-order valence-corrected chi connectivity index (χ3v) is 3.66. The monoisotopic (exact) mass is 313 g/mol. The van der Waals surface area contributed by atoms with Crippen molar-refractivity contribution in [2.45, 2.75) is 40.2 Å². The van der Waals surface area contributed by atoms with Crippen molar-refractivity contribution in [2.24, 2.45) is 11.1 Å². The zero-order valence-electron chi connectivity index (χ0n) is 11.2. The van der Waals surface area contributed by atoms with Crippen LogP contribution in [0.5, 0.6) is 0 Å². The Labute approximate surface area is 116 Å². The minimum absolute atomic E-state index is 0.0829. The standard InChI is InChI=1S/C13H20BrN3O/c1-8-5-11(16-7-9(8)14)17-12(18)6-10(15)13(2,3)4/h5,7,10H,6,15H2,1-4H3,(H,16,17,18). The summed E-state index contributed by atoms with van der Waals surface area (Å²) in [5.41, 5.74) is 6.92. The van der Waals surface area contributed by atoms with Crippen LogP contribution in [0.25, 0.3) is 0 Å². The molecule has 0 aliphatic heterocycles. The number of pyridine rings is 1. The number of hydrogen-bond acceptors (Lipinski definition) is 3. The molecule has 0 aliphatic carbocycles. The number of nitrogens with one attached hydrogen (secondary N) is 1. The number of anilines is 1. The Hall–Kier alpha value is -0.940. The average molecular weight is 314 g/mol. The molecule has 0 radical (unpaired) electrons. The molecule has 1 aromatic rings. The fourth-order valence-corrected chi connectivity index (χ4v) is 1.52. The van der Waals surface area contributed by atoms with E-state index in [1.54, 1.807) is 6.20 Å². The molecule has 1 rings (SSSR count). The lowest BCUT2D eigenvalue weighted by Gasteiger charge is -2.26. The van der Waals surface area contributed by atoms with Crippen LogP contribution in [0.4, 0.5) is 5.82 Å². The zero-order chi connectivity index (χ0) is 13.9. The molecule has 0 aromatic carbocycles. The number of carbonyl (C=O) groups is 1. The summed E-state index contributed by atoms with van der Waals surface area (Å²) in [4.78, 5) is 16.0. The summed E-state index contributed by atoms with van der Waals surface area (Å²) in [5, 5.41) is 2.76. The lowest BCUT2D eigenvalue weighted by Crippen LogP contribution is -2.38. The Kier molecular flexibility index (Phi) is 4.87. The maximum atomic E-state index is 11.8. The Morgan fingerprint density at radius 1 is 1.56 bits per heavy atom. The number of nitrogens with zero attached hydrogens (tertiary/aromatic N) is 1. The molecule has 1 amide bonds. The van der Waals surface area contributed by atoms with Gasteiger partial charge in [-0.1, -0.05) is 20.8 Å². The van der Waals surface area contributed by atoms with Gasteiger partial charge in [-0.25, -0.2) is 4.98 Å². The number of aromatic nitrogens is 1. The zero-order valence-corrected chi connectivity index (χ0v) is 12.8. The van der Waals surface area contributed by atoms with Gasteiger partial charge in [-0.3, -0.25) is 4.79 Å². The number of carbonyl (C=O) groups excluding carboxylic acids is 1. The van der Waals surface area contributed by atoms with Gasteiger partial charge in [0.05, 0.1) is 0 Å². The molecule has 18 heavy (non-hydrogen) atoms. The third kappa shape index (κ3) is 4.38. The molecule has 0 bridgehead atoms. The van der Waals surface area contributed by atoms with Crippen molar-refractivity contribution in [1.29, 1.82) is 0 Å². The van der Waals surface area contributed by atoms with Crippen molar-refractivity contribution in [2.75, 3.05) is 5.32 Å². The molecule has 0 saturated heterocycles. The van der Waals surface area contributed by atoms with E-state index in [1.165, 1.54) is 0 Å². The first-order chi connectivity index (χ1) is 8.20. The van der Waals surface area contributed by atoms with E-state index >= 15 is 0 Å². The van der Waals surface area contributed by atoms with E-state index in [9.17, 15) is 4.79 Å². The molecule has 0 fully saturated rings. The summed E-state index contributed by atoms with van der Waals surface area (Å²) < 4.78 is 0.923. The number of halogens is 1. The van der Waals surface area contributed by atoms with Gasteiger partial charge in [-0.2, -0.15) is 0 Å². The minimum atomic E-state index is -0.172. The number of rotatable bonds is 3. The third-order valence-electron chi connectivity index (χ3n) is 2.83. The molecule has 1 unspecified atom stereocenters. The molecule has 0 aliphatic rings. The maximum Gasteiger partial charge on any atom is 0.227 e. The first-order valence-corrected chi connectivity index (χ1v) is 6.67. The molecule has 100 valence electrons. The molecular formula is C13H20BrN3O. The van der Waals surface area contributed by atoms with Crippen LogP contribution >= 0.6 is 15.9 Å². The van der Waals surface area contributed by atoms with Crippen LogP contribution in [-0.4, -0.2) is 16.9 Å². The summed E-state index contributed by atoms with van der Waals surface area (Å²) >= 11 is 3.37. The van der Waals surface area contributed by atoms with Gasteiger partial charge in [0, 0.05) is 23.1 Å². The molecular weight excluding hydrogens is 294 g/mol. The fourth-order valence-electron chi connectivity index (χ4n) is 1.31. The van der Waals surface area contributed by atoms with Crippen LogP contribution in [-0.2, 0) is 4.79 Å². The summed E-state index contributed by atoms with van der Waals surface area (Å²) in [6.45, 7) is 8.01. The van der Waals surface area contributed by atoms with Crippen molar-refractivity contribution in [3.05, 3.63) is 22.3 Å². The van der Waals surface area contributed by atoms with Gasteiger partial charge in [0.15, 0.2) is 0 Å². The van der Waals surface area contributed by atoms with Crippen molar-refractivity contribution in [1.82, 2.24) is 4.98 Å². The molecule has 0 saturated carbocycles. The maximum absolute atomic E-state index is 11.8. The Balaban J connectivity index is 2.62. The number of hydrogen-bond donors (Lipinski definition) is 2. The van der Waals surface area contributed by atoms with Crippen LogP contribution in [0.15, 0.2) is 16.7 Å². The van der Waals surface area contributed by atoms with E-state index in [0.717, 1.165) is 10.0 Å². The Bertz CT molecular complexity index is 440. The molecule has 1 aromatic heterocycles. The first-order valence-electron chi connectivity index (χ1n) is 5.87. The van der Waals surface area contributed by atoms with E-state index in [-0.39, 0.29) is 17.4 Å². The van der Waals surface area contributed by atoms with Crippen molar-refractivity contribution >= 4 is 27.7 Å². The molecule has 1 atom stereocenters. The van der Waals surface area contributed by atoms with Gasteiger partial charge in [0.2, 0.25) is 5.91 Å². The second-order valence-electron chi connectivity index (χ2n) is 5.54. The first kappa shape index (κ1) is 15.1. The van der Waals surface area contributed by atoms with Gasteiger partial charge < -0.3 is 11.1 Å². The van der Waals surface area contributed by atoms with Gasteiger partial charge in [0.1, 0.15) is 5.82 Å². The lowest BCUT2D eigenvalue weighted by molar-refractivity contribution is -0.117. The Morgan fingerprint density at radius 2 is 2.17 bits per heavy atom. The minimum Gasteiger partial charge on any atom is -0.327 e. The fraction of sp³-hybridized carbons (Fsp3) is 0.538. The molecule has 1 heterocycles. The SMILES string of the molecule is Cc1cc(NC(=O)CC(N)C(C)(C)C)ncc1Br. The largest absolute Gasteiger partial charge is 0.327 e. The normalized spacial score (nSPS) is 13.2. The van der Waals surface area contributed by atoms with Gasteiger partial charge in [-0.15, -0.1) is 0 Å². The van der Waals surface area contributed by atoms with E-state index < -0.39 is 0 Å². The average Bonchev–Trinajstić information content (AvgIpc) is 2.22. The lowest BCUT2D eigenvalue weighted by atomic mass is 9.85. The summed E-state index contributed by atoms with van der Waals surface area (Å²) in [6.07, 6.45) is 1.97.